The van der Waals surface area contributed by atoms with Gasteiger partial charge in [0.25, 0.3) is 0 Å². The van der Waals surface area contributed by atoms with Crippen LogP contribution in [0.15, 0.2) is 36.5 Å². The van der Waals surface area contributed by atoms with E-state index in [0.717, 1.165) is 95.0 Å². The molecule has 2 aromatic carbocycles. The topological polar surface area (TPSA) is 166 Å². The van der Waals surface area contributed by atoms with Crippen molar-refractivity contribution in [2.45, 2.75) is 103 Å². The molecule has 2 saturated heterocycles. The van der Waals surface area contributed by atoms with Crippen LogP contribution in [0.4, 0.5) is 9.59 Å². The molecule has 272 valence electrons. The lowest BCUT2D eigenvalue weighted by molar-refractivity contribution is -0.137. The van der Waals surface area contributed by atoms with Gasteiger partial charge in [-0.1, -0.05) is 26.0 Å². The number of rotatable bonds is 6. The number of nitrogens with one attached hydrogen (secondary N) is 3. The second-order valence-electron chi connectivity index (χ2n) is 15.0. The zero-order chi connectivity index (χ0) is 36.4. The highest BCUT2D eigenvalue weighted by atomic mass is 16.5. The molecule has 13 nitrogen and oxygen atoms in total. The number of carbonyl (C=O) groups excluding carboxylic acids is 2. The molecule has 5 heterocycles. The molecule has 0 saturated carbocycles. The third-order valence-electron chi connectivity index (χ3n) is 11.4. The van der Waals surface area contributed by atoms with Crippen molar-refractivity contribution in [2.75, 3.05) is 7.11 Å². The first-order chi connectivity index (χ1) is 25.0. The van der Waals surface area contributed by atoms with Gasteiger partial charge in [0.1, 0.15) is 30.0 Å². The van der Waals surface area contributed by atoms with E-state index in [1.165, 1.54) is 17.6 Å². The van der Waals surface area contributed by atoms with Crippen molar-refractivity contribution < 1.29 is 29.0 Å². The minimum atomic E-state index is -0.919. The van der Waals surface area contributed by atoms with Crippen LogP contribution in [-0.2, 0) is 29.0 Å². The Kier molecular flexibility index (Phi) is 8.46. The van der Waals surface area contributed by atoms with Crippen molar-refractivity contribution in [1.82, 2.24) is 35.1 Å². The Hall–Kier alpha value is -5.33. The Morgan fingerprint density at radius 1 is 0.923 bits per heavy atom. The summed E-state index contributed by atoms with van der Waals surface area (Å²) in [5.41, 5.74) is 9.30. The van der Waals surface area contributed by atoms with E-state index in [1.807, 2.05) is 32.6 Å². The SMILES string of the molecule is COC(=O)N[C@H](C(=O)N1[C@@H](C)CC[C@H]1c1nc2c([nH]1)-c1cc3c(cc1CC2)-c1ccc(-c2cnc([C@@H]4CCC(C)N4C(=O)O)[nH]2)cc1CO3)C(C)C. The number of carbonyl (C=O) groups is 3. The second-order valence-corrected chi connectivity index (χ2v) is 15.0. The first-order valence-corrected chi connectivity index (χ1v) is 18.3. The quantitative estimate of drug-likeness (QED) is 0.171. The van der Waals surface area contributed by atoms with Gasteiger partial charge in [-0.3, -0.25) is 9.69 Å². The number of aromatic amines is 2. The number of aromatic nitrogens is 4. The van der Waals surface area contributed by atoms with E-state index >= 15 is 0 Å². The normalized spacial score (nSPS) is 22.3. The second kappa shape index (κ2) is 13.0. The van der Waals surface area contributed by atoms with Crippen LogP contribution in [0.25, 0.3) is 33.6 Å². The predicted octanol–water partition coefficient (Wildman–Crippen LogP) is 6.76. The number of amides is 3. The van der Waals surface area contributed by atoms with Crippen molar-refractivity contribution in [2.24, 2.45) is 5.92 Å². The van der Waals surface area contributed by atoms with Gasteiger partial charge in [0.2, 0.25) is 5.91 Å². The Morgan fingerprint density at radius 3 is 2.40 bits per heavy atom. The third kappa shape index (κ3) is 5.66. The predicted molar refractivity (Wildman–Crippen MR) is 193 cm³/mol. The molecule has 3 amide bonds. The van der Waals surface area contributed by atoms with Crippen molar-refractivity contribution >= 4 is 18.1 Å². The van der Waals surface area contributed by atoms with E-state index in [-0.39, 0.29) is 36.0 Å². The average Bonchev–Trinajstić information content (AvgIpc) is 3.94. The summed E-state index contributed by atoms with van der Waals surface area (Å²) in [6.07, 6.45) is 5.03. The van der Waals surface area contributed by atoms with Crippen LogP contribution in [0, 0.1) is 5.92 Å². The van der Waals surface area contributed by atoms with Crippen molar-refractivity contribution in [3.8, 4) is 39.4 Å². The first kappa shape index (κ1) is 33.8. The fourth-order valence-electron chi connectivity index (χ4n) is 8.65. The summed E-state index contributed by atoms with van der Waals surface area (Å²) in [4.78, 5) is 58.0. The van der Waals surface area contributed by atoms with Gasteiger partial charge in [-0.2, -0.15) is 0 Å². The maximum atomic E-state index is 13.9. The van der Waals surface area contributed by atoms with Gasteiger partial charge in [0, 0.05) is 23.2 Å². The molecular weight excluding hydrogens is 662 g/mol. The lowest BCUT2D eigenvalue weighted by Gasteiger charge is -2.32. The average molecular weight is 708 g/mol. The van der Waals surface area contributed by atoms with Crippen molar-refractivity contribution in [3.63, 3.8) is 0 Å². The molecule has 0 spiro atoms. The zero-order valence-electron chi connectivity index (χ0n) is 30.2. The molecule has 5 atom stereocenters. The molecule has 0 radical (unpaired) electrons. The summed E-state index contributed by atoms with van der Waals surface area (Å²) in [5.74, 6) is 2.01. The summed E-state index contributed by atoms with van der Waals surface area (Å²) in [6, 6.07) is 9.46. The third-order valence-corrected chi connectivity index (χ3v) is 11.4. The van der Waals surface area contributed by atoms with E-state index in [0.29, 0.717) is 12.4 Å². The molecular formula is C39H45N7O6. The summed E-state index contributed by atoms with van der Waals surface area (Å²) >= 11 is 0. The maximum Gasteiger partial charge on any atom is 0.408 e. The summed E-state index contributed by atoms with van der Waals surface area (Å²) in [5, 5.41) is 12.5. The first-order valence-electron chi connectivity index (χ1n) is 18.3. The molecule has 0 bridgehead atoms. The van der Waals surface area contributed by atoms with Gasteiger partial charge in [-0.25, -0.2) is 19.6 Å². The van der Waals surface area contributed by atoms with Crippen LogP contribution in [0.3, 0.4) is 0 Å². The Morgan fingerprint density at radius 2 is 1.67 bits per heavy atom. The molecule has 8 rings (SSSR count). The molecule has 1 aliphatic carbocycles. The number of carboxylic acid groups (broad SMARTS) is 1. The number of nitrogens with zero attached hydrogens (tertiary/aromatic N) is 4. The number of methoxy groups -OCH3 is 1. The van der Waals surface area contributed by atoms with E-state index < -0.39 is 18.2 Å². The number of ether oxygens (including phenoxy) is 2. The number of aryl methyl sites for hydroxylation is 2. The molecule has 4 aromatic rings. The summed E-state index contributed by atoms with van der Waals surface area (Å²) in [7, 11) is 1.30. The lowest BCUT2D eigenvalue weighted by Crippen LogP contribution is -2.52. The lowest BCUT2D eigenvalue weighted by atomic mass is 9.86. The Labute approximate surface area is 302 Å². The van der Waals surface area contributed by atoms with Crippen molar-refractivity contribution in [1.29, 1.82) is 0 Å². The largest absolute Gasteiger partial charge is 0.488 e. The Balaban J connectivity index is 1.05. The number of benzene rings is 2. The van der Waals surface area contributed by atoms with E-state index in [1.54, 1.807) is 6.20 Å². The van der Waals surface area contributed by atoms with Crippen LogP contribution in [0.1, 0.15) is 93.9 Å². The van der Waals surface area contributed by atoms with Crippen molar-refractivity contribution in [3.05, 3.63) is 65.0 Å². The molecule has 2 aromatic heterocycles. The van der Waals surface area contributed by atoms with Crippen LogP contribution >= 0.6 is 0 Å². The smallest absolute Gasteiger partial charge is 0.408 e. The highest BCUT2D eigenvalue weighted by Gasteiger charge is 2.42. The highest BCUT2D eigenvalue weighted by Crippen LogP contribution is 2.46. The molecule has 2 fully saturated rings. The van der Waals surface area contributed by atoms with E-state index in [4.69, 9.17) is 14.5 Å². The monoisotopic (exact) mass is 707 g/mol. The highest BCUT2D eigenvalue weighted by molar-refractivity contribution is 5.87. The molecule has 13 heteroatoms. The van der Waals surface area contributed by atoms with E-state index in [2.05, 4.69) is 50.6 Å². The molecule has 3 aliphatic heterocycles. The number of imidazole rings is 2. The number of alkyl carbamates (subject to hydrolysis) is 1. The fourth-order valence-corrected chi connectivity index (χ4v) is 8.65. The molecule has 4 N–H and O–H groups in total. The van der Waals surface area contributed by atoms with Gasteiger partial charge in [-0.15, -0.1) is 0 Å². The van der Waals surface area contributed by atoms with Crippen LogP contribution in [0.2, 0.25) is 0 Å². The van der Waals surface area contributed by atoms with Gasteiger partial charge in [0.15, 0.2) is 0 Å². The van der Waals surface area contributed by atoms with Gasteiger partial charge in [0.05, 0.1) is 42.5 Å². The summed E-state index contributed by atoms with van der Waals surface area (Å²) < 4.78 is 11.2. The van der Waals surface area contributed by atoms with E-state index in [9.17, 15) is 19.5 Å². The number of likely N-dealkylation sites (tertiary alicyclic amines) is 2. The molecule has 1 unspecified atom stereocenters. The summed E-state index contributed by atoms with van der Waals surface area (Å²) in [6.45, 7) is 8.24. The van der Waals surface area contributed by atoms with Crippen LogP contribution < -0.4 is 10.1 Å². The van der Waals surface area contributed by atoms with Crippen LogP contribution in [-0.4, -0.2) is 78.2 Å². The van der Waals surface area contributed by atoms with Gasteiger partial charge in [-0.05, 0) is 98.7 Å². The van der Waals surface area contributed by atoms with Crippen LogP contribution in [0.5, 0.6) is 5.75 Å². The minimum Gasteiger partial charge on any atom is -0.488 e. The molecule has 4 aliphatic rings. The number of H-pyrrole nitrogens is 2. The van der Waals surface area contributed by atoms with Gasteiger partial charge < -0.3 is 34.8 Å². The minimum absolute atomic E-state index is 0.00217. The standard InChI is InChI=1S/C39H45N7O6/c1-19(2)33(44-38(48)51-5)37(47)45-20(3)6-13-31(45)36-41-28-11-9-22-15-27-25-10-8-23(14-24(25)18-52-32(27)16-26(22)34(28)43-36)29-17-40-35(42-29)30-12-7-21(4)46(30)39(49)50/h8,10,14-17,19-21,30-31,33H,6-7,9,11-13,18H2,1-5H3,(H,40,42)(H,41,43)(H,44,48)(H,49,50)/t20-,21?,30-,31-,33-/m0/s1. The van der Waals surface area contributed by atoms with Gasteiger partial charge >= 0.3 is 12.2 Å². The number of hydrogen-bond donors (Lipinski definition) is 4. The number of fused-ring (bicyclic) bond motifs is 6. The number of hydrogen-bond acceptors (Lipinski definition) is 7. The Bertz CT molecular complexity index is 2070. The molecule has 52 heavy (non-hydrogen) atoms. The fraction of sp³-hybridized carbons (Fsp3) is 0.462. The zero-order valence-corrected chi connectivity index (χ0v) is 30.2. The maximum absolute atomic E-state index is 13.9.